The quantitative estimate of drug-likeness (QED) is 0.500. The lowest BCUT2D eigenvalue weighted by molar-refractivity contribution is -0.112. The average Bonchev–Trinajstić information content (AvgIpc) is 2.68. The normalized spacial score (nSPS) is 15.3. The molecule has 1 heterocycles. The van der Waals surface area contributed by atoms with Gasteiger partial charge in [-0.15, -0.1) is 0 Å². The van der Waals surface area contributed by atoms with E-state index in [-0.39, 0.29) is 11.8 Å². The van der Waals surface area contributed by atoms with Gasteiger partial charge in [-0.3, -0.25) is 9.59 Å². The Labute approximate surface area is 152 Å². The van der Waals surface area contributed by atoms with Crippen LogP contribution in [0.1, 0.15) is 27.0 Å². The summed E-state index contributed by atoms with van der Waals surface area (Å²) in [5.41, 5.74) is 4.39. The Balaban J connectivity index is 1.90. The standard InChI is InChI=1S/C23H17NO2/c1-16-11-13-17(14-12-16)15-21-19-9-5-6-10-20(19)22(25)24(23(21)26)18-7-3-2-4-8-18/h2-15H,1H3/b21-15+. The Morgan fingerprint density at radius 2 is 1.31 bits per heavy atom. The molecule has 3 heteroatoms. The average molecular weight is 339 g/mol. The molecule has 0 radical (unpaired) electrons. The van der Waals surface area contributed by atoms with Gasteiger partial charge in [0.25, 0.3) is 11.8 Å². The minimum atomic E-state index is -0.305. The van der Waals surface area contributed by atoms with E-state index in [1.807, 2.05) is 73.7 Å². The maximum Gasteiger partial charge on any atom is 0.265 e. The van der Waals surface area contributed by atoms with Crippen LogP contribution in [0.4, 0.5) is 5.69 Å². The summed E-state index contributed by atoms with van der Waals surface area (Å²) in [7, 11) is 0. The maximum atomic E-state index is 13.2. The molecule has 1 aliphatic rings. The molecule has 0 saturated carbocycles. The van der Waals surface area contributed by atoms with E-state index in [0.29, 0.717) is 22.4 Å². The van der Waals surface area contributed by atoms with Crippen LogP contribution in [0.3, 0.4) is 0 Å². The second-order valence-electron chi connectivity index (χ2n) is 6.30. The minimum absolute atomic E-state index is 0.294. The van der Waals surface area contributed by atoms with Crippen molar-refractivity contribution >= 4 is 29.2 Å². The van der Waals surface area contributed by atoms with E-state index < -0.39 is 0 Å². The number of hydrogen-bond donors (Lipinski definition) is 0. The fraction of sp³-hybridized carbons (Fsp3) is 0.0435. The maximum absolute atomic E-state index is 13.2. The first kappa shape index (κ1) is 16.0. The summed E-state index contributed by atoms with van der Waals surface area (Å²) in [4.78, 5) is 27.4. The zero-order chi connectivity index (χ0) is 18.1. The fourth-order valence-corrected chi connectivity index (χ4v) is 3.13. The summed E-state index contributed by atoms with van der Waals surface area (Å²) in [5, 5.41) is 0. The van der Waals surface area contributed by atoms with Crippen molar-refractivity contribution in [1.29, 1.82) is 0 Å². The Morgan fingerprint density at radius 3 is 2.00 bits per heavy atom. The van der Waals surface area contributed by atoms with Crippen molar-refractivity contribution in [2.75, 3.05) is 4.90 Å². The Kier molecular flexibility index (Phi) is 3.98. The summed E-state index contributed by atoms with van der Waals surface area (Å²) < 4.78 is 0. The van der Waals surface area contributed by atoms with Crippen molar-refractivity contribution in [3.8, 4) is 0 Å². The van der Waals surface area contributed by atoms with Crippen LogP contribution in [-0.2, 0) is 4.79 Å². The van der Waals surface area contributed by atoms with Crippen molar-refractivity contribution in [1.82, 2.24) is 0 Å². The van der Waals surface area contributed by atoms with Gasteiger partial charge in [0.2, 0.25) is 0 Å². The smallest absolute Gasteiger partial charge is 0.265 e. The number of aryl methyl sites for hydroxylation is 1. The minimum Gasteiger partial charge on any atom is -0.268 e. The molecule has 26 heavy (non-hydrogen) atoms. The van der Waals surface area contributed by atoms with Gasteiger partial charge in [-0.1, -0.05) is 66.2 Å². The summed E-state index contributed by atoms with van der Waals surface area (Å²) in [5.74, 6) is -0.599. The van der Waals surface area contributed by atoms with Gasteiger partial charge in [0.05, 0.1) is 5.69 Å². The van der Waals surface area contributed by atoms with Crippen LogP contribution in [0.15, 0.2) is 78.9 Å². The van der Waals surface area contributed by atoms with Gasteiger partial charge in [0.15, 0.2) is 0 Å². The molecule has 3 aromatic rings. The van der Waals surface area contributed by atoms with Gasteiger partial charge in [0, 0.05) is 11.1 Å². The third kappa shape index (κ3) is 2.74. The summed E-state index contributed by atoms with van der Waals surface area (Å²) in [6.45, 7) is 2.02. The van der Waals surface area contributed by atoms with E-state index in [1.165, 1.54) is 4.90 Å². The molecule has 1 aliphatic heterocycles. The predicted octanol–water partition coefficient (Wildman–Crippen LogP) is 4.72. The zero-order valence-corrected chi connectivity index (χ0v) is 14.3. The second-order valence-corrected chi connectivity index (χ2v) is 6.30. The highest BCUT2D eigenvalue weighted by Gasteiger charge is 2.35. The molecule has 0 spiro atoms. The third-order valence-electron chi connectivity index (χ3n) is 4.49. The van der Waals surface area contributed by atoms with Gasteiger partial charge in [-0.2, -0.15) is 0 Å². The molecular weight excluding hydrogens is 322 g/mol. The van der Waals surface area contributed by atoms with Crippen molar-refractivity contribution in [3.63, 3.8) is 0 Å². The summed E-state index contributed by atoms with van der Waals surface area (Å²) in [6, 6.07) is 24.3. The number of fused-ring (bicyclic) bond motifs is 1. The van der Waals surface area contributed by atoms with Gasteiger partial charge in [-0.25, -0.2) is 4.90 Å². The lowest BCUT2D eigenvalue weighted by Crippen LogP contribution is -2.41. The third-order valence-corrected chi connectivity index (χ3v) is 4.49. The SMILES string of the molecule is Cc1ccc(/C=C2/C(=O)N(c3ccccc3)C(=O)c3ccccc32)cc1. The molecule has 0 aliphatic carbocycles. The second kappa shape index (κ2) is 6.45. The molecule has 3 aromatic carbocycles. The van der Waals surface area contributed by atoms with Crippen LogP contribution in [0, 0.1) is 6.92 Å². The lowest BCUT2D eigenvalue weighted by atomic mass is 9.91. The fourth-order valence-electron chi connectivity index (χ4n) is 3.13. The topological polar surface area (TPSA) is 37.4 Å². The highest BCUT2D eigenvalue weighted by Crippen LogP contribution is 2.33. The van der Waals surface area contributed by atoms with Crippen LogP contribution in [0.25, 0.3) is 11.6 Å². The molecule has 0 N–H and O–H groups in total. The summed E-state index contributed by atoms with van der Waals surface area (Å²) in [6.07, 6.45) is 1.85. The molecular formula is C23H17NO2. The van der Waals surface area contributed by atoms with Gasteiger partial charge in [-0.05, 0) is 42.3 Å². The Bertz CT molecular complexity index is 1020. The molecule has 0 unspecified atom stereocenters. The first-order valence-electron chi connectivity index (χ1n) is 8.47. The number of para-hydroxylation sites is 1. The van der Waals surface area contributed by atoms with Crippen LogP contribution in [0.5, 0.6) is 0 Å². The predicted molar refractivity (Wildman–Crippen MR) is 104 cm³/mol. The molecule has 0 aromatic heterocycles. The summed E-state index contributed by atoms with van der Waals surface area (Å²) >= 11 is 0. The number of hydrogen-bond acceptors (Lipinski definition) is 2. The lowest BCUT2D eigenvalue weighted by Gasteiger charge is -2.28. The van der Waals surface area contributed by atoms with Gasteiger partial charge >= 0.3 is 0 Å². The first-order valence-corrected chi connectivity index (χ1v) is 8.47. The molecule has 0 fully saturated rings. The van der Waals surface area contributed by atoms with Gasteiger partial charge < -0.3 is 0 Å². The number of amides is 2. The van der Waals surface area contributed by atoms with E-state index >= 15 is 0 Å². The monoisotopic (exact) mass is 339 g/mol. The van der Waals surface area contributed by atoms with Crippen molar-refractivity contribution < 1.29 is 9.59 Å². The number of anilines is 1. The number of nitrogens with zero attached hydrogens (tertiary/aromatic N) is 1. The van der Waals surface area contributed by atoms with E-state index in [2.05, 4.69) is 0 Å². The highest BCUT2D eigenvalue weighted by atomic mass is 16.2. The molecule has 0 saturated heterocycles. The van der Waals surface area contributed by atoms with E-state index in [9.17, 15) is 9.59 Å². The van der Waals surface area contributed by atoms with Crippen LogP contribution < -0.4 is 4.90 Å². The van der Waals surface area contributed by atoms with E-state index in [1.54, 1.807) is 18.2 Å². The van der Waals surface area contributed by atoms with Crippen LogP contribution in [0.2, 0.25) is 0 Å². The van der Waals surface area contributed by atoms with Crippen LogP contribution in [-0.4, -0.2) is 11.8 Å². The van der Waals surface area contributed by atoms with E-state index in [4.69, 9.17) is 0 Å². The largest absolute Gasteiger partial charge is 0.268 e. The van der Waals surface area contributed by atoms with Crippen molar-refractivity contribution in [3.05, 3.63) is 101 Å². The van der Waals surface area contributed by atoms with E-state index in [0.717, 1.165) is 11.1 Å². The molecule has 2 amide bonds. The number of benzene rings is 3. The molecule has 0 atom stereocenters. The Morgan fingerprint density at radius 1 is 0.692 bits per heavy atom. The Hall–Kier alpha value is -3.46. The number of imide groups is 1. The number of carbonyl (C=O) groups is 2. The van der Waals surface area contributed by atoms with Crippen molar-refractivity contribution in [2.24, 2.45) is 0 Å². The molecule has 4 rings (SSSR count). The van der Waals surface area contributed by atoms with Gasteiger partial charge in [0.1, 0.15) is 0 Å². The molecule has 126 valence electrons. The molecule has 3 nitrogen and oxygen atoms in total. The number of rotatable bonds is 2. The highest BCUT2D eigenvalue weighted by molar-refractivity contribution is 6.43. The zero-order valence-electron chi connectivity index (χ0n) is 14.3. The first-order chi connectivity index (χ1) is 12.6. The molecule has 0 bridgehead atoms. The van der Waals surface area contributed by atoms with Crippen LogP contribution >= 0.6 is 0 Å². The van der Waals surface area contributed by atoms with Crippen molar-refractivity contribution in [2.45, 2.75) is 6.92 Å². The number of carbonyl (C=O) groups excluding carboxylic acids is 2.